The van der Waals surface area contributed by atoms with E-state index in [0.29, 0.717) is 11.5 Å². The molecule has 0 unspecified atom stereocenters. The molecule has 3 heterocycles. The Bertz CT molecular complexity index is 917. The van der Waals surface area contributed by atoms with E-state index in [2.05, 4.69) is 9.55 Å². The average Bonchev–Trinajstić information content (AvgIpc) is 2.93. The van der Waals surface area contributed by atoms with Crippen LogP contribution in [-0.4, -0.2) is 20.4 Å². The highest BCUT2D eigenvalue weighted by Crippen LogP contribution is 2.36. The zero-order chi connectivity index (χ0) is 16.8. The van der Waals surface area contributed by atoms with Gasteiger partial charge in [0, 0.05) is 23.0 Å². The molecule has 0 spiro atoms. The monoisotopic (exact) mass is 358 g/mol. The van der Waals surface area contributed by atoms with E-state index in [1.165, 1.54) is 12.8 Å². The molecule has 4 rings (SSSR count). The first-order valence-electron chi connectivity index (χ1n) is 7.91. The van der Waals surface area contributed by atoms with Gasteiger partial charge in [0.2, 0.25) is 0 Å². The molecule has 1 aliphatic carbocycles. The molecule has 0 atom stereocenters. The Morgan fingerprint density at radius 1 is 1.25 bits per heavy atom. The summed E-state index contributed by atoms with van der Waals surface area (Å²) < 4.78 is 2.20. The fourth-order valence-electron chi connectivity index (χ4n) is 2.87. The highest BCUT2D eigenvalue weighted by Gasteiger charge is 2.26. The maximum atomic E-state index is 11.7. The third-order valence-electron chi connectivity index (χ3n) is 4.37. The lowest BCUT2D eigenvalue weighted by Crippen LogP contribution is -2.12. The summed E-state index contributed by atoms with van der Waals surface area (Å²) in [6.07, 6.45) is 2.51. The smallest absolute Gasteiger partial charge is 0.250 e. The van der Waals surface area contributed by atoms with Crippen molar-refractivity contribution in [3.05, 3.63) is 33.1 Å². The van der Waals surface area contributed by atoms with Crippen LogP contribution in [0.25, 0.3) is 22.1 Å². The van der Waals surface area contributed by atoms with Crippen LogP contribution in [0.1, 0.15) is 33.9 Å². The lowest BCUT2D eigenvalue weighted by atomic mass is 10.2. The number of primary amides is 1. The molecule has 0 saturated heterocycles. The number of aromatic nitrogens is 3. The Morgan fingerprint density at radius 2 is 2.00 bits per heavy atom. The summed E-state index contributed by atoms with van der Waals surface area (Å²) in [6, 6.07) is 1.88. The fraction of sp³-hybridized carbons (Fsp3) is 0.353. The molecule has 0 aliphatic heterocycles. The lowest BCUT2D eigenvalue weighted by Gasteiger charge is -2.09. The summed E-state index contributed by atoms with van der Waals surface area (Å²) in [7, 11) is 0. The molecule has 3 aromatic heterocycles. The van der Waals surface area contributed by atoms with Crippen LogP contribution in [0.4, 0.5) is 0 Å². The quantitative estimate of drug-likeness (QED) is 0.752. The van der Waals surface area contributed by atoms with Crippen molar-refractivity contribution in [3.63, 3.8) is 0 Å². The van der Waals surface area contributed by atoms with Crippen LogP contribution in [0.5, 0.6) is 0 Å². The van der Waals surface area contributed by atoms with Crippen LogP contribution in [0.2, 0.25) is 0 Å². The van der Waals surface area contributed by atoms with Crippen LogP contribution in [-0.2, 0) is 6.54 Å². The number of hydrogen-bond donors (Lipinski definition) is 1. The molecular weight excluding hydrogens is 340 g/mol. The maximum absolute atomic E-state index is 11.7. The van der Waals surface area contributed by atoms with Crippen LogP contribution in [0.3, 0.4) is 0 Å². The minimum atomic E-state index is -0.381. The Morgan fingerprint density at radius 3 is 2.62 bits per heavy atom. The first-order valence-corrected chi connectivity index (χ1v) is 9.67. The molecular formula is C17H18N4OS2. The van der Waals surface area contributed by atoms with Gasteiger partial charge in [-0.05, 0) is 38.7 Å². The zero-order valence-corrected chi connectivity index (χ0v) is 15.2. The normalized spacial score (nSPS) is 14.2. The summed E-state index contributed by atoms with van der Waals surface area (Å²) >= 11 is 3.20. The van der Waals surface area contributed by atoms with E-state index < -0.39 is 0 Å². The van der Waals surface area contributed by atoms with Gasteiger partial charge in [-0.25, -0.2) is 9.97 Å². The first-order chi connectivity index (χ1) is 11.5. The van der Waals surface area contributed by atoms with E-state index >= 15 is 0 Å². The van der Waals surface area contributed by atoms with Crippen molar-refractivity contribution in [3.8, 4) is 22.1 Å². The van der Waals surface area contributed by atoms with E-state index in [9.17, 15) is 4.79 Å². The number of rotatable bonds is 5. The van der Waals surface area contributed by atoms with Gasteiger partial charge in [-0.2, -0.15) is 0 Å². The largest absolute Gasteiger partial charge is 0.366 e. The van der Waals surface area contributed by atoms with Gasteiger partial charge in [-0.15, -0.1) is 22.7 Å². The van der Waals surface area contributed by atoms with Crippen LogP contribution < -0.4 is 5.73 Å². The molecule has 3 aromatic rings. The van der Waals surface area contributed by atoms with Crippen LogP contribution >= 0.6 is 22.7 Å². The molecule has 1 amide bonds. The van der Waals surface area contributed by atoms with Crippen molar-refractivity contribution in [2.45, 2.75) is 33.2 Å². The molecule has 124 valence electrons. The number of hydrogen-bond acceptors (Lipinski definition) is 5. The molecule has 2 N–H and O–H groups in total. The first kappa shape index (κ1) is 15.5. The minimum absolute atomic E-state index is 0.381. The van der Waals surface area contributed by atoms with Crippen molar-refractivity contribution in [1.82, 2.24) is 14.5 Å². The Hall–Kier alpha value is -1.99. The van der Waals surface area contributed by atoms with Crippen molar-refractivity contribution < 1.29 is 4.79 Å². The van der Waals surface area contributed by atoms with Gasteiger partial charge in [0.1, 0.15) is 10.7 Å². The van der Waals surface area contributed by atoms with Gasteiger partial charge in [-0.1, -0.05) is 0 Å². The standard InChI is InChI=1S/C17H18N4OS2/c1-9-12(16(18)22)5-15(21(9)6-11-3-4-11)13-7-24-17(20-13)14-8-23-10(2)19-14/h5,7-8,11H,3-4,6H2,1-2H3,(H2,18,22). The topological polar surface area (TPSA) is 73.8 Å². The van der Waals surface area contributed by atoms with Gasteiger partial charge >= 0.3 is 0 Å². The third-order valence-corrected chi connectivity index (χ3v) is 6.01. The number of aryl methyl sites for hydroxylation is 1. The summed E-state index contributed by atoms with van der Waals surface area (Å²) in [4.78, 5) is 21.0. The predicted molar refractivity (Wildman–Crippen MR) is 97.4 cm³/mol. The van der Waals surface area contributed by atoms with Gasteiger partial charge in [-0.3, -0.25) is 4.79 Å². The van der Waals surface area contributed by atoms with Crippen molar-refractivity contribution in [2.75, 3.05) is 0 Å². The van der Waals surface area contributed by atoms with Gasteiger partial charge in [0.05, 0.1) is 22.0 Å². The molecule has 1 fully saturated rings. The van der Waals surface area contributed by atoms with Crippen molar-refractivity contribution in [1.29, 1.82) is 0 Å². The molecule has 1 aliphatic rings. The number of nitrogens with zero attached hydrogens (tertiary/aromatic N) is 3. The minimum Gasteiger partial charge on any atom is -0.366 e. The summed E-state index contributed by atoms with van der Waals surface area (Å²) in [5.41, 5.74) is 9.84. The number of amides is 1. The second-order valence-corrected chi connectivity index (χ2v) is 8.16. The van der Waals surface area contributed by atoms with Gasteiger partial charge in [0.15, 0.2) is 0 Å². The second kappa shape index (κ2) is 5.82. The molecule has 1 saturated carbocycles. The third kappa shape index (κ3) is 2.78. The molecule has 0 bridgehead atoms. The molecule has 0 aromatic carbocycles. The maximum Gasteiger partial charge on any atom is 0.250 e. The summed E-state index contributed by atoms with van der Waals surface area (Å²) in [6.45, 7) is 4.88. The van der Waals surface area contributed by atoms with Gasteiger partial charge < -0.3 is 10.3 Å². The van der Waals surface area contributed by atoms with E-state index in [0.717, 1.165) is 39.3 Å². The lowest BCUT2D eigenvalue weighted by molar-refractivity contribution is 0.0999. The number of carbonyl (C=O) groups is 1. The van der Waals surface area contributed by atoms with Gasteiger partial charge in [0.25, 0.3) is 5.91 Å². The molecule has 7 heteroatoms. The highest BCUT2D eigenvalue weighted by atomic mass is 32.1. The molecule has 0 radical (unpaired) electrons. The van der Waals surface area contributed by atoms with Crippen molar-refractivity contribution in [2.24, 2.45) is 11.7 Å². The van der Waals surface area contributed by atoms with Crippen LogP contribution in [0, 0.1) is 19.8 Å². The number of nitrogens with two attached hydrogens (primary N) is 1. The zero-order valence-electron chi connectivity index (χ0n) is 13.6. The Labute approximate surface area is 148 Å². The average molecular weight is 358 g/mol. The van der Waals surface area contributed by atoms with Crippen molar-refractivity contribution >= 4 is 28.6 Å². The number of thiazole rings is 2. The predicted octanol–water partition coefficient (Wildman–Crippen LogP) is 3.86. The fourth-order valence-corrected chi connectivity index (χ4v) is 4.32. The Balaban J connectivity index is 1.76. The van der Waals surface area contributed by atoms with E-state index in [1.807, 2.05) is 30.7 Å². The van der Waals surface area contributed by atoms with E-state index in [-0.39, 0.29) is 5.91 Å². The molecule has 24 heavy (non-hydrogen) atoms. The second-order valence-electron chi connectivity index (χ2n) is 6.24. The SMILES string of the molecule is Cc1nc(-c2nc(-c3cc(C(N)=O)c(C)n3CC3CC3)cs2)cs1. The molecule has 5 nitrogen and oxygen atoms in total. The number of carbonyl (C=O) groups excluding carboxylic acids is 1. The Kier molecular flexibility index (Phi) is 3.77. The van der Waals surface area contributed by atoms with E-state index in [1.54, 1.807) is 22.7 Å². The van der Waals surface area contributed by atoms with E-state index in [4.69, 9.17) is 10.7 Å². The van der Waals surface area contributed by atoms with Crippen LogP contribution in [0.15, 0.2) is 16.8 Å². The summed E-state index contributed by atoms with van der Waals surface area (Å²) in [5, 5.41) is 6.01. The highest BCUT2D eigenvalue weighted by molar-refractivity contribution is 7.14. The summed E-state index contributed by atoms with van der Waals surface area (Å²) in [5.74, 6) is 0.323.